The Bertz CT molecular complexity index is 1160. The SMILES string of the molecule is CCOC(=O)CCCCCn1cc(Cc2cncnc2)c(=O)nc1SCc1ccc(F)c(F)c1. The Morgan fingerprint density at radius 2 is 1.88 bits per heavy atom. The molecule has 0 saturated heterocycles. The molecule has 1 aromatic carbocycles. The molecule has 0 fully saturated rings. The van der Waals surface area contributed by atoms with E-state index in [2.05, 4.69) is 15.0 Å². The van der Waals surface area contributed by atoms with Crippen LogP contribution in [-0.4, -0.2) is 32.1 Å². The quantitative estimate of drug-likeness (QED) is 0.162. The number of carbonyl (C=O) groups is 1. The minimum atomic E-state index is -0.912. The van der Waals surface area contributed by atoms with Crippen LogP contribution in [0.15, 0.2) is 53.1 Å². The Morgan fingerprint density at radius 3 is 2.62 bits per heavy atom. The van der Waals surface area contributed by atoms with Gasteiger partial charge in [0.15, 0.2) is 16.8 Å². The van der Waals surface area contributed by atoms with Crippen molar-refractivity contribution in [2.24, 2.45) is 0 Å². The Balaban J connectivity index is 1.72. The number of nitrogens with zero attached hydrogens (tertiary/aromatic N) is 4. The maximum Gasteiger partial charge on any atom is 0.305 e. The summed E-state index contributed by atoms with van der Waals surface area (Å²) in [7, 11) is 0. The van der Waals surface area contributed by atoms with Gasteiger partial charge in [-0.05, 0) is 43.0 Å². The Hall–Kier alpha value is -3.14. The zero-order valence-electron chi connectivity index (χ0n) is 18.9. The van der Waals surface area contributed by atoms with Crippen molar-refractivity contribution in [1.82, 2.24) is 19.5 Å². The smallest absolute Gasteiger partial charge is 0.305 e. The first-order chi connectivity index (χ1) is 16.5. The molecule has 0 aliphatic carbocycles. The standard InChI is InChI=1S/C24H26F2N4O3S/c1-2-33-22(31)6-4-3-5-9-30-14-19(10-18-12-27-16-28-13-18)23(32)29-24(30)34-15-17-7-8-20(25)21(26)11-17/h7-8,11-14,16H,2-6,9-10,15H2,1H3. The summed E-state index contributed by atoms with van der Waals surface area (Å²) in [5.41, 5.74) is 1.54. The number of carbonyl (C=O) groups excluding carboxylic acids is 1. The highest BCUT2D eigenvalue weighted by atomic mass is 32.2. The summed E-state index contributed by atoms with van der Waals surface area (Å²) in [6.45, 7) is 2.74. The second kappa shape index (κ2) is 12.9. The summed E-state index contributed by atoms with van der Waals surface area (Å²) in [6, 6.07) is 3.73. The van der Waals surface area contributed by atoms with Crippen molar-refractivity contribution in [2.45, 2.75) is 56.5 Å². The molecule has 10 heteroatoms. The number of rotatable bonds is 12. The number of unbranched alkanes of at least 4 members (excludes halogenated alkanes) is 2. The lowest BCUT2D eigenvalue weighted by atomic mass is 10.1. The van der Waals surface area contributed by atoms with Crippen LogP contribution in [-0.2, 0) is 28.2 Å². The third-order valence-electron chi connectivity index (χ3n) is 4.98. The van der Waals surface area contributed by atoms with Crippen molar-refractivity contribution in [3.8, 4) is 0 Å². The van der Waals surface area contributed by atoms with Gasteiger partial charge in [0.1, 0.15) is 6.33 Å². The van der Waals surface area contributed by atoms with Gasteiger partial charge in [-0.15, -0.1) is 0 Å². The minimum absolute atomic E-state index is 0.206. The molecule has 34 heavy (non-hydrogen) atoms. The minimum Gasteiger partial charge on any atom is -0.466 e. The number of hydrogen-bond donors (Lipinski definition) is 0. The normalized spacial score (nSPS) is 10.9. The number of esters is 1. The van der Waals surface area contributed by atoms with E-state index in [0.29, 0.717) is 54.5 Å². The molecule has 0 bridgehead atoms. The highest BCUT2D eigenvalue weighted by molar-refractivity contribution is 7.98. The molecule has 0 atom stereocenters. The average Bonchev–Trinajstić information content (AvgIpc) is 2.82. The number of thioether (sulfide) groups is 1. The van der Waals surface area contributed by atoms with Gasteiger partial charge in [0.25, 0.3) is 5.56 Å². The lowest BCUT2D eigenvalue weighted by molar-refractivity contribution is -0.143. The van der Waals surface area contributed by atoms with Crippen molar-refractivity contribution in [1.29, 1.82) is 0 Å². The molecule has 2 aromatic heterocycles. The second-order valence-corrected chi connectivity index (χ2v) is 8.57. The zero-order valence-corrected chi connectivity index (χ0v) is 19.7. The lowest BCUT2D eigenvalue weighted by Crippen LogP contribution is -2.20. The van der Waals surface area contributed by atoms with E-state index in [9.17, 15) is 18.4 Å². The van der Waals surface area contributed by atoms with Crippen molar-refractivity contribution in [2.75, 3.05) is 6.61 Å². The van der Waals surface area contributed by atoms with Crippen LogP contribution in [0.5, 0.6) is 0 Å². The predicted octanol–water partition coefficient (Wildman–Crippen LogP) is 4.32. The van der Waals surface area contributed by atoms with Gasteiger partial charge in [-0.25, -0.2) is 18.7 Å². The molecule has 0 spiro atoms. The predicted molar refractivity (Wildman–Crippen MR) is 124 cm³/mol. The number of hydrogen-bond acceptors (Lipinski definition) is 7. The van der Waals surface area contributed by atoms with Crippen molar-refractivity contribution in [3.05, 3.63) is 81.8 Å². The third kappa shape index (κ3) is 7.72. The first kappa shape index (κ1) is 25.5. The van der Waals surface area contributed by atoms with Gasteiger partial charge in [0.05, 0.1) is 6.61 Å². The summed E-state index contributed by atoms with van der Waals surface area (Å²) in [5.74, 6) is -1.69. The molecule has 3 aromatic rings. The van der Waals surface area contributed by atoms with Crippen LogP contribution in [0.2, 0.25) is 0 Å². The summed E-state index contributed by atoms with van der Waals surface area (Å²) in [6.07, 6.45) is 9.51. The molecule has 0 saturated carbocycles. The number of aromatic nitrogens is 4. The fourth-order valence-electron chi connectivity index (χ4n) is 3.30. The van der Waals surface area contributed by atoms with Gasteiger partial charge in [-0.1, -0.05) is 24.2 Å². The maximum absolute atomic E-state index is 13.6. The Labute approximate surface area is 200 Å². The number of halogens is 2. The van der Waals surface area contributed by atoms with Crippen LogP contribution < -0.4 is 5.56 Å². The van der Waals surface area contributed by atoms with Crippen molar-refractivity contribution in [3.63, 3.8) is 0 Å². The molecule has 0 unspecified atom stereocenters. The molecule has 0 aliphatic heterocycles. The van der Waals surface area contributed by atoms with Crippen LogP contribution in [0.25, 0.3) is 0 Å². The first-order valence-corrected chi connectivity index (χ1v) is 12.0. The van der Waals surface area contributed by atoms with Crippen LogP contribution in [0, 0.1) is 11.6 Å². The fraction of sp³-hybridized carbons (Fsp3) is 0.375. The molecule has 0 aliphatic rings. The highest BCUT2D eigenvalue weighted by Crippen LogP contribution is 2.22. The summed E-state index contributed by atoms with van der Waals surface area (Å²) >= 11 is 1.28. The van der Waals surface area contributed by atoms with E-state index in [-0.39, 0.29) is 11.5 Å². The lowest BCUT2D eigenvalue weighted by Gasteiger charge is -2.14. The average molecular weight is 489 g/mol. The van der Waals surface area contributed by atoms with E-state index in [1.807, 2.05) is 4.57 Å². The van der Waals surface area contributed by atoms with Gasteiger partial charge >= 0.3 is 5.97 Å². The van der Waals surface area contributed by atoms with E-state index in [0.717, 1.165) is 30.5 Å². The molecule has 180 valence electrons. The van der Waals surface area contributed by atoms with Crippen LogP contribution >= 0.6 is 11.8 Å². The molecule has 2 heterocycles. The van der Waals surface area contributed by atoms with Gasteiger partial charge in [0.2, 0.25) is 0 Å². The van der Waals surface area contributed by atoms with Gasteiger partial charge < -0.3 is 9.30 Å². The fourth-order valence-corrected chi connectivity index (χ4v) is 4.23. The van der Waals surface area contributed by atoms with E-state index in [1.165, 1.54) is 24.2 Å². The second-order valence-electron chi connectivity index (χ2n) is 7.62. The molecular formula is C24H26F2N4O3S. The van der Waals surface area contributed by atoms with Gasteiger partial charge in [0, 0.05) is 49.3 Å². The monoisotopic (exact) mass is 488 g/mol. The molecule has 0 radical (unpaired) electrons. The number of benzene rings is 1. The number of aryl methyl sites for hydroxylation is 1. The number of ether oxygens (including phenoxy) is 1. The highest BCUT2D eigenvalue weighted by Gasteiger charge is 2.12. The van der Waals surface area contributed by atoms with Crippen molar-refractivity contribution >= 4 is 17.7 Å². The first-order valence-electron chi connectivity index (χ1n) is 11.0. The third-order valence-corrected chi connectivity index (χ3v) is 6.04. The molecule has 3 rings (SSSR count). The largest absolute Gasteiger partial charge is 0.466 e. The van der Waals surface area contributed by atoms with Crippen molar-refractivity contribution < 1.29 is 18.3 Å². The van der Waals surface area contributed by atoms with Crippen LogP contribution in [0.3, 0.4) is 0 Å². The van der Waals surface area contributed by atoms with Gasteiger partial charge in [-0.3, -0.25) is 9.59 Å². The molecule has 7 nitrogen and oxygen atoms in total. The summed E-state index contributed by atoms with van der Waals surface area (Å²) in [4.78, 5) is 36.4. The van der Waals surface area contributed by atoms with E-state index in [4.69, 9.17) is 4.74 Å². The molecular weight excluding hydrogens is 462 g/mol. The maximum atomic E-state index is 13.6. The molecule has 0 N–H and O–H groups in total. The van der Waals surface area contributed by atoms with E-state index >= 15 is 0 Å². The Morgan fingerprint density at radius 1 is 1.09 bits per heavy atom. The zero-order chi connectivity index (χ0) is 24.3. The summed E-state index contributed by atoms with van der Waals surface area (Å²) in [5, 5.41) is 0.494. The topological polar surface area (TPSA) is 87.0 Å². The van der Waals surface area contributed by atoms with E-state index in [1.54, 1.807) is 25.5 Å². The van der Waals surface area contributed by atoms with Gasteiger partial charge in [-0.2, -0.15) is 4.98 Å². The summed E-state index contributed by atoms with van der Waals surface area (Å²) < 4.78 is 33.6. The molecule has 0 amide bonds. The Kier molecular flexibility index (Phi) is 9.69. The van der Waals surface area contributed by atoms with Crippen LogP contribution in [0.1, 0.15) is 49.3 Å². The van der Waals surface area contributed by atoms with E-state index < -0.39 is 11.6 Å². The van der Waals surface area contributed by atoms with Crippen LogP contribution in [0.4, 0.5) is 8.78 Å².